The number of nitrogens with one attached hydrogen (secondary N) is 1. The van der Waals surface area contributed by atoms with E-state index in [1.54, 1.807) is 4.68 Å². The minimum Gasteiger partial charge on any atom is -0.350 e. The van der Waals surface area contributed by atoms with E-state index in [9.17, 15) is 4.79 Å². The van der Waals surface area contributed by atoms with Crippen LogP contribution >= 0.6 is 11.8 Å². The monoisotopic (exact) mass is 347 g/mol. The molecule has 0 spiro atoms. The Kier molecular flexibility index (Phi) is 5.64. The first kappa shape index (κ1) is 18.4. The van der Waals surface area contributed by atoms with Gasteiger partial charge in [0.2, 0.25) is 11.1 Å². The van der Waals surface area contributed by atoms with E-state index in [2.05, 4.69) is 40.8 Å². The average molecular weight is 347 g/mol. The third kappa shape index (κ3) is 4.14. The van der Waals surface area contributed by atoms with Crippen LogP contribution in [0.25, 0.3) is 5.69 Å². The molecule has 1 N–H and O–H groups in total. The number of hydrogen-bond donors (Lipinski definition) is 1. The van der Waals surface area contributed by atoms with Gasteiger partial charge in [-0.15, -0.1) is 5.10 Å². The molecule has 1 aromatic heterocycles. The highest BCUT2D eigenvalue weighted by Gasteiger charge is 2.24. The number of hydrogen-bond acceptors (Lipinski definition) is 5. The second-order valence-corrected chi connectivity index (χ2v) is 7.89. The van der Waals surface area contributed by atoms with Crippen molar-refractivity contribution in [3.05, 3.63) is 29.3 Å². The summed E-state index contributed by atoms with van der Waals surface area (Å²) in [6.45, 7) is 12.1. The lowest BCUT2D eigenvalue weighted by molar-refractivity contribution is -0.121. The molecular formula is C17H25N5OS. The minimum atomic E-state index is -0.286. The quantitative estimate of drug-likeness (QED) is 0.813. The first-order valence-electron chi connectivity index (χ1n) is 8.09. The number of aromatic nitrogens is 4. The maximum Gasteiger partial charge on any atom is 0.233 e. The third-order valence-electron chi connectivity index (χ3n) is 4.24. The van der Waals surface area contributed by atoms with Crippen LogP contribution in [0, 0.1) is 13.8 Å². The van der Waals surface area contributed by atoms with Crippen LogP contribution in [-0.2, 0) is 4.79 Å². The van der Waals surface area contributed by atoms with Gasteiger partial charge in [0.1, 0.15) is 0 Å². The Morgan fingerprint density at radius 3 is 2.75 bits per heavy atom. The van der Waals surface area contributed by atoms with Crippen LogP contribution in [0.15, 0.2) is 23.4 Å². The molecule has 0 fully saturated rings. The number of amides is 1. The molecule has 0 aliphatic carbocycles. The van der Waals surface area contributed by atoms with Crippen molar-refractivity contribution < 1.29 is 4.79 Å². The van der Waals surface area contributed by atoms with Gasteiger partial charge in [0.25, 0.3) is 0 Å². The fourth-order valence-electron chi connectivity index (χ4n) is 2.10. The van der Waals surface area contributed by atoms with Crippen molar-refractivity contribution in [1.29, 1.82) is 0 Å². The molecule has 0 aliphatic rings. The van der Waals surface area contributed by atoms with Crippen molar-refractivity contribution in [3.8, 4) is 5.69 Å². The van der Waals surface area contributed by atoms with Crippen molar-refractivity contribution in [2.24, 2.45) is 0 Å². The van der Waals surface area contributed by atoms with Crippen LogP contribution < -0.4 is 5.32 Å². The van der Waals surface area contributed by atoms with Crippen LogP contribution in [-0.4, -0.2) is 36.9 Å². The lowest BCUT2D eigenvalue weighted by Gasteiger charge is -2.26. The molecule has 6 nitrogen and oxygen atoms in total. The maximum absolute atomic E-state index is 12.4. The highest BCUT2D eigenvalue weighted by Crippen LogP contribution is 2.25. The molecule has 0 aliphatic heterocycles. The van der Waals surface area contributed by atoms with Gasteiger partial charge in [0.15, 0.2) is 0 Å². The number of tetrazole rings is 1. The number of carbonyl (C=O) groups is 1. The summed E-state index contributed by atoms with van der Waals surface area (Å²) in [5.74, 6) is -0.0117. The fraction of sp³-hybridized carbons (Fsp3) is 0.529. The zero-order chi connectivity index (χ0) is 17.9. The van der Waals surface area contributed by atoms with E-state index < -0.39 is 0 Å². The molecule has 7 heteroatoms. The molecular weight excluding hydrogens is 322 g/mol. The SMILES string of the molecule is CCC(C)(C)NC(=O)C(C)Sc1nnnn1-c1cccc(C)c1C. The van der Waals surface area contributed by atoms with Crippen LogP contribution in [0.4, 0.5) is 0 Å². The third-order valence-corrected chi connectivity index (χ3v) is 5.28. The van der Waals surface area contributed by atoms with Crippen molar-refractivity contribution >= 4 is 17.7 Å². The summed E-state index contributed by atoms with van der Waals surface area (Å²) in [5, 5.41) is 15.4. The number of nitrogens with zero attached hydrogens (tertiary/aromatic N) is 4. The molecule has 1 atom stereocenters. The normalized spacial score (nSPS) is 12.9. The zero-order valence-corrected chi connectivity index (χ0v) is 15.9. The number of rotatable bonds is 6. The summed E-state index contributed by atoms with van der Waals surface area (Å²) in [4.78, 5) is 12.4. The number of carbonyl (C=O) groups excluding carboxylic acids is 1. The summed E-state index contributed by atoms with van der Waals surface area (Å²) in [6, 6.07) is 6.01. The smallest absolute Gasteiger partial charge is 0.233 e. The van der Waals surface area contributed by atoms with E-state index in [4.69, 9.17) is 0 Å². The Hall–Kier alpha value is -1.89. The van der Waals surface area contributed by atoms with E-state index in [1.807, 2.05) is 39.8 Å². The standard InChI is InChI=1S/C17H25N5OS/c1-7-17(5,6)18-15(23)13(4)24-16-19-20-21-22(16)14-10-8-9-11(2)12(14)3/h8-10,13H,7H2,1-6H3,(H,18,23). The van der Waals surface area contributed by atoms with Gasteiger partial charge in [-0.05, 0) is 68.7 Å². The fourth-order valence-corrected chi connectivity index (χ4v) is 2.90. The van der Waals surface area contributed by atoms with E-state index in [-0.39, 0.29) is 16.7 Å². The predicted octanol–water partition coefficient (Wildman–Crippen LogP) is 3.06. The first-order valence-corrected chi connectivity index (χ1v) is 8.97. The Bertz CT molecular complexity index is 726. The molecule has 24 heavy (non-hydrogen) atoms. The molecule has 0 saturated carbocycles. The van der Waals surface area contributed by atoms with E-state index in [1.165, 1.54) is 17.3 Å². The number of thioether (sulfide) groups is 1. The lowest BCUT2D eigenvalue weighted by atomic mass is 10.0. The van der Waals surface area contributed by atoms with Gasteiger partial charge in [0.05, 0.1) is 10.9 Å². The van der Waals surface area contributed by atoms with E-state index in [0.717, 1.165) is 17.7 Å². The highest BCUT2D eigenvalue weighted by molar-refractivity contribution is 8.00. The van der Waals surface area contributed by atoms with Gasteiger partial charge >= 0.3 is 0 Å². The van der Waals surface area contributed by atoms with Gasteiger partial charge in [-0.25, -0.2) is 0 Å². The zero-order valence-electron chi connectivity index (χ0n) is 15.1. The van der Waals surface area contributed by atoms with Crippen LogP contribution in [0.1, 0.15) is 45.2 Å². The summed E-state index contributed by atoms with van der Waals surface area (Å²) in [6.07, 6.45) is 0.871. The van der Waals surface area contributed by atoms with Crippen molar-refractivity contribution in [1.82, 2.24) is 25.5 Å². The number of benzene rings is 1. The molecule has 1 unspecified atom stereocenters. The second-order valence-electron chi connectivity index (χ2n) is 6.58. The molecule has 130 valence electrons. The van der Waals surface area contributed by atoms with E-state index >= 15 is 0 Å². The summed E-state index contributed by atoms with van der Waals surface area (Å²) in [5.41, 5.74) is 3.01. The van der Waals surface area contributed by atoms with Crippen molar-refractivity contribution in [3.63, 3.8) is 0 Å². The van der Waals surface area contributed by atoms with Crippen LogP contribution in [0.5, 0.6) is 0 Å². The molecule has 2 aromatic rings. The maximum atomic E-state index is 12.4. The van der Waals surface area contributed by atoms with Crippen LogP contribution in [0.2, 0.25) is 0 Å². The topological polar surface area (TPSA) is 72.7 Å². The van der Waals surface area contributed by atoms with Gasteiger partial charge in [-0.1, -0.05) is 30.8 Å². The summed E-state index contributed by atoms with van der Waals surface area (Å²) in [7, 11) is 0. The molecule has 1 aromatic carbocycles. The molecule has 0 bridgehead atoms. The Balaban J connectivity index is 2.19. The van der Waals surface area contributed by atoms with Gasteiger partial charge < -0.3 is 5.32 Å². The van der Waals surface area contributed by atoms with Crippen molar-refractivity contribution in [2.45, 2.75) is 63.9 Å². The Morgan fingerprint density at radius 2 is 2.08 bits per heavy atom. The van der Waals surface area contributed by atoms with Gasteiger partial charge in [-0.3, -0.25) is 4.79 Å². The molecule has 0 saturated heterocycles. The number of aryl methyl sites for hydroxylation is 1. The van der Waals surface area contributed by atoms with E-state index in [0.29, 0.717) is 5.16 Å². The minimum absolute atomic E-state index is 0.0117. The van der Waals surface area contributed by atoms with Gasteiger partial charge in [-0.2, -0.15) is 4.68 Å². The highest BCUT2D eigenvalue weighted by atomic mass is 32.2. The predicted molar refractivity (Wildman–Crippen MR) is 96.5 cm³/mol. The summed E-state index contributed by atoms with van der Waals surface area (Å²) >= 11 is 1.36. The lowest BCUT2D eigenvalue weighted by Crippen LogP contribution is -2.46. The van der Waals surface area contributed by atoms with Crippen LogP contribution in [0.3, 0.4) is 0 Å². The average Bonchev–Trinajstić information content (AvgIpc) is 2.97. The largest absolute Gasteiger partial charge is 0.350 e. The van der Waals surface area contributed by atoms with Gasteiger partial charge in [0, 0.05) is 5.54 Å². The first-order chi connectivity index (χ1) is 11.2. The Morgan fingerprint density at radius 1 is 1.38 bits per heavy atom. The van der Waals surface area contributed by atoms with Crippen molar-refractivity contribution in [2.75, 3.05) is 0 Å². The molecule has 1 amide bonds. The Labute approximate surface area is 147 Å². The molecule has 1 heterocycles. The molecule has 0 radical (unpaired) electrons. The second kappa shape index (κ2) is 7.34. The summed E-state index contributed by atoms with van der Waals surface area (Å²) < 4.78 is 1.70. The molecule has 2 rings (SSSR count).